The molecule has 0 radical (unpaired) electrons. The number of hydrogen-bond donors (Lipinski definition) is 1. The van der Waals surface area contributed by atoms with Crippen LogP contribution in [0.3, 0.4) is 0 Å². The molecular formula is C22H21FN2O3. The van der Waals surface area contributed by atoms with Crippen molar-refractivity contribution >= 4 is 5.69 Å². The molecule has 2 atom stereocenters. The molecule has 3 aromatic rings. The molecule has 5 nitrogen and oxygen atoms in total. The molecule has 3 rings (SSSR count). The van der Waals surface area contributed by atoms with Gasteiger partial charge in [0.1, 0.15) is 11.6 Å². The minimum absolute atomic E-state index is 0.0117. The van der Waals surface area contributed by atoms with Crippen molar-refractivity contribution in [3.05, 3.63) is 105 Å². The number of rotatable bonds is 7. The van der Waals surface area contributed by atoms with E-state index in [4.69, 9.17) is 4.74 Å². The van der Waals surface area contributed by atoms with E-state index in [-0.39, 0.29) is 23.6 Å². The van der Waals surface area contributed by atoms with Crippen LogP contribution in [0.4, 0.5) is 10.1 Å². The fraction of sp³-hybridized carbons (Fsp3) is 0.182. The third-order valence-corrected chi connectivity index (χ3v) is 4.63. The number of nitrogens with zero attached hydrogens (tertiary/aromatic N) is 1. The van der Waals surface area contributed by atoms with Crippen molar-refractivity contribution in [2.45, 2.75) is 19.0 Å². The molecule has 0 saturated heterocycles. The monoisotopic (exact) mass is 380 g/mol. The number of nitro groups is 1. The molecule has 1 N–H and O–H groups in total. The lowest BCUT2D eigenvalue weighted by molar-refractivity contribution is -0.384. The SMILES string of the molecule is COc1ccccc1C(N[C@@H](C)c1cccc(F)c1)c1cccc([N+](=O)[O-])c1. The third-order valence-electron chi connectivity index (χ3n) is 4.63. The molecule has 144 valence electrons. The first-order chi connectivity index (χ1) is 13.5. The van der Waals surface area contributed by atoms with Crippen LogP contribution >= 0.6 is 0 Å². The van der Waals surface area contributed by atoms with Gasteiger partial charge in [-0.2, -0.15) is 0 Å². The molecule has 0 amide bonds. The molecule has 1 unspecified atom stereocenters. The fourth-order valence-electron chi connectivity index (χ4n) is 3.21. The van der Waals surface area contributed by atoms with Gasteiger partial charge in [-0.05, 0) is 36.2 Å². The highest BCUT2D eigenvalue weighted by atomic mass is 19.1. The maximum atomic E-state index is 13.6. The van der Waals surface area contributed by atoms with E-state index in [1.807, 2.05) is 43.3 Å². The summed E-state index contributed by atoms with van der Waals surface area (Å²) in [5.74, 6) is 0.355. The molecule has 0 aliphatic rings. The van der Waals surface area contributed by atoms with Crippen molar-refractivity contribution in [3.8, 4) is 5.75 Å². The smallest absolute Gasteiger partial charge is 0.269 e. The van der Waals surface area contributed by atoms with E-state index in [2.05, 4.69) is 5.32 Å². The summed E-state index contributed by atoms with van der Waals surface area (Å²) in [6.07, 6.45) is 0. The second-order valence-corrected chi connectivity index (χ2v) is 6.47. The molecule has 0 saturated carbocycles. The second-order valence-electron chi connectivity index (χ2n) is 6.47. The van der Waals surface area contributed by atoms with Crippen molar-refractivity contribution in [3.63, 3.8) is 0 Å². The van der Waals surface area contributed by atoms with E-state index < -0.39 is 4.92 Å². The lowest BCUT2D eigenvalue weighted by Crippen LogP contribution is -2.26. The average molecular weight is 380 g/mol. The summed E-state index contributed by atoms with van der Waals surface area (Å²) in [6, 6.07) is 19.8. The topological polar surface area (TPSA) is 64.4 Å². The molecular weight excluding hydrogens is 359 g/mol. The van der Waals surface area contributed by atoms with Crippen LogP contribution in [-0.2, 0) is 0 Å². The number of hydrogen-bond acceptors (Lipinski definition) is 4. The Morgan fingerprint density at radius 3 is 2.43 bits per heavy atom. The lowest BCUT2D eigenvalue weighted by Gasteiger charge is -2.26. The number of non-ortho nitro benzene ring substituents is 1. The van der Waals surface area contributed by atoms with Crippen LogP contribution in [0.25, 0.3) is 0 Å². The summed E-state index contributed by atoms with van der Waals surface area (Å²) in [6.45, 7) is 1.93. The Labute approximate surface area is 162 Å². The first-order valence-corrected chi connectivity index (χ1v) is 8.88. The Morgan fingerprint density at radius 2 is 1.71 bits per heavy atom. The maximum absolute atomic E-state index is 13.6. The van der Waals surface area contributed by atoms with Gasteiger partial charge in [-0.25, -0.2) is 4.39 Å². The van der Waals surface area contributed by atoms with Crippen molar-refractivity contribution < 1.29 is 14.1 Å². The highest BCUT2D eigenvalue weighted by Crippen LogP contribution is 2.33. The van der Waals surface area contributed by atoms with Crippen LogP contribution in [0.2, 0.25) is 0 Å². The fourth-order valence-corrected chi connectivity index (χ4v) is 3.21. The van der Waals surface area contributed by atoms with Crippen LogP contribution in [0.15, 0.2) is 72.8 Å². The molecule has 28 heavy (non-hydrogen) atoms. The standard InChI is InChI=1S/C22H21FN2O3/c1-15(16-7-5-9-18(23)13-16)24-22(20-11-3-4-12-21(20)28-2)17-8-6-10-19(14-17)25(26)27/h3-15,22,24H,1-2H3/t15-,22?/m0/s1. The summed E-state index contributed by atoms with van der Waals surface area (Å²) >= 11 is 0. The van der Waals surface area contributed by atoms with Crippen molar-refractivity contribution in [1.29, 1.82) is 0 Å². The van der Waals surface area contributed by atoms with Crippen LogP contribution in [0, 0.1) is 15.9 Å². The Kier molecular flexibility index (Phi) is 6.01. The molecule has 0 bridgehead atoms. The third kappa shape index (κ3) is 4.35. The predicted octanol–water partition coefficient (Wildman–Crippen LogP) is 5.18. The lowest BCUT2D eigenvalue weighted by atomic mass is 9.95. The highest BCUT2D eigenvalue weighted by molar-refractivity contribution is 5.45. The minimum Gasteiger partial charge on any atom is -0.496 e. The number of para-hydroxylation sites is 1. The molecule has 6 heteroatoms. The summed E-state index contributed by atoms with van der Waals surface area (Å²) in [5.41, 5.74) is 2.36. The van der Waals surface area contributed by atoms with Gasteiger partial charge in [0.05, 0.1) is 18.1 Å². The Bertz CT molecular complexity index is 977. The van der Waals surface area contributed by atoms with E-state index in [1.54, 1.807) is 25.3 Å². The van der Waals surface area contributed by atoms with Crippen molar-refractivity contribution in [1.82, 2.24) is 5.32 Å². The number of ether oxygens (including phenoxy) is 1. The Hall–Kier alpha value is -3.25. The van der Waals surface area contributed by atoms with Gasteiger partial charge in [0.25, 0.3) is 5.69 Å². The molecule has 3 aromatic carbocycles. The van der Waals surface area contributed by atoms with Gasteiger partial charge in [0, 0.05) is 23.7 Å². The quantitative estimate of drug-likeness (QED) is 0.453. The van der Waals surface area contributed by atoms with Gasteiger partial charge >= 0.3 is 0 Å². The van der Waals surface area contributed by atoms with E-state index >= 15 is 0 Å². The largest absolute Gasteiger partial charge is 0.496 e. The van der Waals surface area contributed by atoms with E-state index in [0.717, 1.165) is 16.7 Å². The van der Waals surface area contributed by atoms with Gasteiger partial charge < -0.3 is 4.74 Å². The average Bonchev–Trinajstić information content (AvgIpc) is 2.72. The van der Waals surface area contributed by atoms with E-state index in [1.165, 1.54) is 18.2 Å². The summed E-state index contributed by atoms with van der Waals surface area (Å²) in [7, 11) is 1.58. The maximum Gasteiger partial charge on any atom is 0.269 e. The Morgan fingerprint density at radius 1 is 1.00 bits per heavy atom. The summed E-state index contributed by atoms with van der Waals surface area (Å²) in [5, 5.41) is 14.7. The number of nitrogens with one attached hydrogen (secondary N) is 1. The zero-order valence-corrected chi connectivity index (χ0v) is 15.6. The number of halogens is 1. The Balaban J connectivity index is 2.04. The van der Waals surface area contributed by atoms with Crippen LogP contribution in [0.1, 0.15) is 35.7 Å². The van der Waals surface area contributed by atoms with Gasteiger partial charge in [-0.15, -0.1) is 0 Å². The van der Waals surface area contributed by atoms with Gasteiger partial charge in [0.2, 0.25) is 0 Å². The first-order valence-electron chi connectivity index (χ1n) is 8.88. The molecule has 0 aliphatic carbocycles. The molecule has 0 aliphatic heterocycles. The second kappa shape index (κ2) is 8.63. The molecule has 0 heterocycles. The zero-order valence-electron chi connectivity index (χ0n) is 15.6. The highest BCUT2D eigenvalue weighted by Gasteiger charge is 2.22. The van der Waals surface area contributed by atoms with Crippen molar-refractivity contribution in [2.75, 3.05) is 7.11 Å². The number of benzene rings is 3. The first kappa shape index (κ1) is 19.5. The minimum atomic E-state index is -0.418. The van der Waals surface area contributed by atoms with Crippen LogP contribution < -0.4 is 10.1 Å². The normalized spacial score (nSPS) is 13.0. The number of nitro benzene ring substituents is 1. The van der Waals surface area contributed by atoms with Gasteiger partial charge in [-0.3, -0.25) is 15.4 Å². The predicted molar refractivity (Wildman–Crippen MR) is 106 cm³/mol. The zero-order chi connectivity index (χ0) is 20.1. The summed E-state index contributed by atoms with van der Waals surface area (Å²) in [4.78, 5) is 10.8. The van der Waals surface area contributed by atoms with Crippen LogP contribution in [0.5, 0.6) is 5.75 Å². The number of methoxy groups -OCH3 is 1. The molecule has 0 fully saturated rings. The van der Waals surface area contributed by atoms with Crippen molar-refractivity contribution in [2.24, 2.45) is 0 Å². The van der Waals surface area contributed by atoms with E-state index in [9.17, 15) is 14.5 Å². The molecule has 0 spiro atoms. The van der Waals surface area contributed by atoms with Gasteiger partial charge in [-0.1, -0.05) is 42.5 Å². The van der Waals surface area contributed by atoms with E-state index in [0.29, 0.717) is 5.75 Å². The summed E-state index contributed by atoms with van der Waals surface area (Å²) < 4.78 is 19.1. The molecule has 0 aromatic heterocycles. The van der Waals surface area contributed by atoms with Gasteiger partial charge in [0.15, 0.2) is 0 Å². The van der Waals surface area contributed by atoms with Crippen LogP contribution in [-0.4, -0.2) is 12.0 Å².